The second kappa shape index (κ2) is 10.5. The summed E-state index contributed by atoms with van der Waals surface area (Å²) in [6.07, 6.45) is 6.90. The van der Waals surface area contributed by atoms with Gasteiger partial charge in [-0.25, -0.2) is 0 Å². The Kier molecular flexibility index (Phi) is 7.27. The maximum Gasteiger partial charge on any atom is 0.199 e. The van der Waals surface area contributed by atoms with Gasteiger partial charge in [-0.3, -0.25) is 0 Å². The molecule has 0 bridgehead atoms. The first-order chi connectivity index (χ1) is 15.2. The monoisotopic (exact) mass is 427 g/mol. The summed E-state index contributed by atoms with van der Waals surface area (Å²) in [7, 11) is 0. The van der Waals surface area contributed by atoms with E-state index in [1.165, 1.54) is 6.21 Å². The lowest BCUT2D eigenvalue weighted by Crippen LogP contribution is -2.25. The second-order valence-electron chi connectivity index (χ2n) is 7.86. The highest BCUT2D eigenvalue weighted by atomic mass is 16.7. The van der Waals surface area contributed by atoms with E-state index in [0.29, 0.717) is 17.9 Å². The number of phenolic OH excluding ortho intramolecular Hbond substituents is 1. The van der Waals surface area contributed by atoms with Crippen molar-refractivity contribution in [3.05, 3.63) is 53.6 Å². The molecule has 0 saturated carbocycles. The number of nitrogens with zero attached hydrogens (tertiary/aromatic N) is 1. The zero-order chi connectivity index (χ0) is 21.5. The van der Waals surface area contributed by atoms with Crippen molar-refractivity contribution in [1.29, 1.82) is 0 Å². The van der Waals surface area contributed by atoms with Crippen molar-refractivity contribution in [3.8, 4) is 17.2 Å². The van der Waals surface area contributed by atoms with E-state index in [2.05, 4.69) is 5.16 Å². The van der Waals surface area contributed by atoms with E-state index in [1.807, 2.05) is 24.3 Å². The van der Waals surface area contributed by atoms with Crippen LogP contribution in [0.2, 0.25) is 0 Å². The third kappa shape index (κ3) is 5.68. The van der Waals surface area contributed by atoms with Gasteiger partial charge in [0, 0.05) is 24.5 Å². The third-order valence-electron chi connectivity index (χ3n) is 5.60. The average molecular weight is 427 g/mol. The normalized spacial score (nSPS) is 22.8. The molecular formula is C24H29NO6. The molecule has 7 heteroatoms. The minimum absolute atomic E-state index is 0.0640. The Labute approximate surface area is 182 Å². The molecule has 4 rings (SSSR count). The van der Waals surface area contributed by atoms with Crippen LogP contribution in [-0.2, 0) is 9.47 Å². The van der Waals surface area contributed by atoms with E-state index in [-0.39, 0.29) is 18.3 Å². The molecule has 0 radical (unpaired) electrons. The standard InChI is InChI=1S/C24H29NO6/c26-22-15-19(31-24-6-2-4-14-29-24)11-12-20(22)21(16-25-27)17-7-9-18(10-8-17)30-23-5-1-3-13-28-23/h7-12,15-16,21,23-24,26-27H,1-6,13-14H2. The van der Waals surface area contributed by atoms with Crippen LogP contribution in [0.5, 0.6) is 17.2 Å². The Morgan fingerprint density at radius 2 is 1.48 bits per heavy atom. The molecule has 7 nitrogen and oxygen atoms in total. The highest BCUT2D eigenvalue weighted by Gasteiger charge is 2.20. The molecule has 0 amide bonds. The largest absolute Gasteiger partial charge is 0.507 e. The predicted molar refractivity (Wildman–Crippen MR) is 115 cm³/mol. The first-order valence-electron chi connectivity index (χ1n) is 10.9. The Balaban J connectivity index is 1.47. The molecule has 2 heterocycles. The van der Waals surface area contributed by atoms with Crippen LogP contribution < -0.4 is 9.47 Å². The molecule has 2 aromatic rings. The van der Waals surface area contributed by atoms with Crippen LogP contribution in [0.1, 0.15) is 55.6 Å². The van der Waals surface area contributed by atoms with Crippen LogP contribution in [0.4, 0.5) is 0 Å². The van der Waals surface area contributed by atoms with Crippen molar-refractivity contribution in [2.45, 2.75) is 57.0 Å². The average Bonchev–Trinajstić information content (AvgIpc) is 2.80. The van der Waals surface area contributed by atoms with Gasteiger partial charge in [0.1, 0.15) is 17.2 Å². The summed E-state index contributed by atoms with van der Waals surface area (Å²) in [6, 6.07) is 12.7. The lowest BCUT2D eigenvalue weighted by Gasteiger charge is -2.24. The van der Waals surface area contributed by atoms with Gasteiger partial charge in [-0.05, 0) is 49.4 Å². The molecule has 166 valence electrons. The molecule has 2 aliphatic heterocycles. The van der Waals surface area contributed by atoms with E-state index in [1.54, 1.807) is 18.2 Å². The minimum Gasteiger partial charge on any atom is -0.507 e. The fourth-order valence-corrected chi connectivity index (χ4v) is 3.94. The smallest absolute Gasteiger partial charge is 0.199 e. The highest BCUT2D eigenvalue weighted by molar-refractivity contribution is 5.74. The van der Waals surface area contributed by atoms with Crippen molar-refractivity contribution in [3.63, 3.8) is 0 Å². The van der Waals surface area contributed by atoms with Gasteiger partial charge in [-0.2, -0.15) is 0 Å². The number of rotatable bonds is 7. The van der Waals surface area contributed by atoms with E-state index in [0.717, 1.165) is 56.4 Å². The van der Waals surface area contributed by atoms with Crippen LogP contribution in [-0.4, -0.2) is 42.3 Å². The zero-order valence-corrected chi connectivity index (χ0v) is 17.5. The van der Waals surface area contributed by atoms with Crippen LogP contribution in [0.25, 0.3) is 0 Å². The van der Waals surface area contributed by atoms with Gasteiger partial charge >= 0.3 is 0 Å². The summed E-state index contributed by atoms with van der Waals surface area (Å²) in [5, 5.41) is 23.1. The number of phenols is 1. The summed E-state index contributed by atoms with van der Waals surface area (Å²) in [5.41, 5.74) is 1.47. The van der Waals surface area contributed by atoms with E-state index in [4.69, 9.17) is 18.9 Å². The van der Waals surface area contributed by atoms with Crippen molar-refractivity contribution < 1.29 is 29.3 Å². The van der Waals surface area contributed by atoms with Crippen LogP contribution in [0.15, 0.2) is 47.6 Å². The molecular weight excluding hydrogens is 398 g/mol. The molecule has 2 N–H and O–H groups in total. The van der Waals surface area contributed by atoms with Crippen molar-refractivity contribution in [2.75, 3.05) is 13.2 Å². The number of hydrogen-bond donors (Lipinski definition) is 2. The van der Waals surface area contributed by atoms with Gasteiger partial charge in [0.05, 0.1) is 25.3 Å². The van der Waals surface area contributed by atoms with Crippen molar-refractivity contribution >= 4 is 6.21 Å². The maximum atomic E-state index is 10.6. The number of oxime groups is 1. The lowest BCUT2D eigenvalue weighted by atomic mass is 9.91. The van der Waals surface area contributed by atoms with E-state index >= 15 is 0 Å². The quantitative estimate of drug-likeness (QED) is 0.375. The second-order valence-corrected chi connectivity index (χ2v) is 7.86. The van der Waals surface area contributed by atoms with Gasteiger partial charge in [-0.1, -0.05) is 18.2 Å². The number of ether oxygens (including phenoxy) is 4. The molecule has 31 heavy (non-hydrogen) atoms. The van der Waals surface area contributed by atoms with Gasteiger partial charge < -0.3 is 29.3 Å². The molecule has 0 aliphatic carbocycles. The minimum atomic E-state index is -0.426. The van der Waals surface area contributed by atoms with Crippen LogP contribution >= 0.6 is 0 Å². The molecule has 0 spiro atoms. The van der Waals surface area contributed by atoms with E-state index < -0.39 is 5.92 Å². The summed E-state index contributed by atoms with van der Waals surface area (Å²) >= 11 is 0. The van der Waals surface area contributed by atoms with Gasteiger partial charge in [0.15, 0.2) is 12.6 Å². The Bertz CT molecular complexity index is 857. The summed E-state index contributed by atoms with van der Waals surface area (Å²) in [5.74, 6) is 0.902. The molecule has 2 aliphatic rings. The summed E-state index contributed by atoms with van der Waals surface area (Å²) in [4.78, 5) is 0. The topological polar surface area (TPSA) is 89.7 Å². The third-order valence-corrected chi connectivity index (χ3v) is 5.60. The first-order valence-corrected chi connectivity index (χ1v) is 10.9. The maximum absolute atomic E-state index is 10.6. The molecule has 3 unspecified atom stereocenters. The van der Waals surface area contributed by atoms with Gasteiger partial charge in [0.25, 0.3) is 0 Å². The number of benzene rings is 2. The first kappa shape index (κ1) is 21.5. The Morgan fingerprint density at radius 1 is 0.871 bits per heavy atom. The Hall–Kier alpha value is -2.77. The van der Waals surface area contributed by atoms with Crippen molar-refractivity contribution in [2.24, 2.45) is 5.16 Å². The number of hydrogen-bond acceptors (Lipinski definition) is 7. The summed E-state index contributed by atoms with van der Waals surface area (Å²) < 4.78 is 22.9. The summed E-state index contributed by atoms with van der Waals surface area (Å²) in [6.45, 7) is 1.42. The molecule has 2 aromatic carbocycles. The zero-order valence-electron chi connectivity index (χ0n) is 17.5. The Morgan fingerprint density at radius 3 is 2.03 bits per heavy atom. The molecule has 2 fully saturated rings. The molecule has 2 saturated heterocycles. The molecule has 0 aromatic heterocycles. The highest BCUT2D eigenvalue weighted by Crippen LogP contribution is 2.34. The van der Waals surface area contributed by atoms with Gasteiger partial charge in [0.2, 0.25) is 0 Å². The molecule has 3 atom stereocenters. The van der Waals surface area contributed by atoms with E-state index in [9.17, 15) is 10.3 Å². The van der Waals surface area contributed by atoms with Crippen LogP contribution in [0, 0.1) is 0 Å². The lowest BCUT2D eigenvalue weighted by molar-refractivity contribution is -0.106. The SMILES string of the molecule is ON=CC(c1ccc(OC2CCCCO2)cc1)c1ccc(OC2CCCCO2)cc1O. The fourth-order valence-electron chi connectivity index (χ4n) is 3.94. The van der Waals surface area contributed by atoms with Gasteiger partial charge in [-0.15, -0.1) is 5.16 Å². The fraction of sp³-hybridized carbons (Fsp3) is 0.458. The van der Waals surface area contributed by atoms with Crippen molar-refractivity contribution in [1.82, 2.24) is 0 Å². The number of aromatic hydroxyl groups is 1. The van der Waals surface area contributed by atoms with Crippen LogP contribution in [0.3, 0.4) is 0 Å². The predicted octanol–water partition coefficient (Wildman–Crippen LogP) is 4.79.